The monoisotopic (exact) mass is 353 g/mol. The lowest BCUT2D eigenvalue weighted by Gasteiger charge is -2.17. The van der Waals surface area contributed by atoms with Crippen molar-refractivity contribution in [3.63, 3.8) is 0 Å². The lowest BCUT2D eigenvalue weighted by molar-refractivity contribution is -0.152. The molecule has 0 unspecified atom stereocenters. The second kappa shape index (κ2) is 9.02. The minimum Gasteiger partial charge on any atom is -0.488 e. The Kier molecular flexibility index (Phi) is 7.04. The number of thioether (sulfide) groups is 1. The average molecular weight is 353 g/mol. The van der Waals surface area contributed by atoms with Crippen LogP contribution in [-0.4, -0.2) is 36.3 Å². The van der Waals surface area contributed by atoms with Crippen LogP contribution in [0.1, 0.15) is 19.4 Å². The largest absolute Gasteiger partial charge is 0.488 e. The van der Waals surface area contributed by atoms with E-state index in [0.717, 1.165) is 11.3 Å². The fourth-order valence-electron chi connectivity index (χ4n) is 1.91. The highest BCUT2D eigenvalue weighted by Crippen LogP contribution is 2.26. The minimum atomic E-state index is -0.369. The summed E-state index contributed by atoms with van der Waals surface area (Å²) < 4.78 is 17.0. The Balaban J connectivity index is 1.93. The van der Waals surface area contributed by atoms with Crippen molar-refractivity contribution in [1.29, 1.82) is 0 Å². The summed E-state index contributed by atoms with van der Waals surface area (Å²) in [5, 5.41) is 2.59. The molecule has 1 N–H and O–H groups in total. The van der Waals surface area contributed by atoms with E-state index in [1.165, 1.54) is 11.8 Å². The minimum absolute atomic E-state index is 0.156. The van der Waals surface area contributed by atoms with Gasteiger partial charge in [0, 0.05) is 13.2 Å². The Morgan fingerprint density at radius 1 is 1.22 bits per heavy atom. The van der Waals surface area contributed by atoms with Gasteiger partial charge < -0.3 is 19.5 Å². The number of rotatable bonds is 8. The standard InChI is InChI=1S/C16H19NO4S2/c1-3-19-14(20-4-2)10-21-12-7-5-11(6-8-12)9-13-15(18)17-16(22)23-13/h5-9,14H,3-4,10H2,1-2H3,(H,17,18,22)/b13-9-. The maximum Gasteiger partial charge on any atom is 0.263 e. The molecule has 0 aromatic heterocycles. The third kappa shape index (κ3) is 5.62. The van der Waals surface area contributed by atoms with E-state index in [9.17, 15) is 4.79 Å². The van der Waals surface area contributed by atoms with Crippen LogP contribution in [0.5, 0.6) is 5.75 Å². The lowest BCUT2D eigenvalue weighted by atomic mass is 10.2. The second-order valence-electron chi connectivity index (χ2n) is 4.57. The van der Waals surface area contributed by atoms with Gasteiger partial charge >= 0.3 is 0 Å². The Labute approximate surface area is 145 Å². The lowest BCUT2D eigenvalue weighted by Crippen LogP contribution is -2.25. The third-order valence-electron chi connectivity index (χ3n) is 2.91. The average Bonchev–Trinajstić information content (AvgIpc) is 2.84. The molecule has 0 spiro atoms. The van der Waals surface area contributed by atoms with E-state index < -0.39 is 0 Å². The van der Waals surface area contributed by atoms with Crippen molar-refractivity contribution in [2.45, 2.75) is 20.1 Å². The molecule has 1 aromatic rings. The Hall–Kier alpha value is -1.41. The predicted molar refractivity (Wildman–Crippen MR) is 95.3 cm³/mol. The normalized spacial score (nSPS) is 16.2. The van der Waals surface area contributed by atoms with Crippen molar-refractivity contribution in [1.82, 2.24) is 5.32 Å². The first-order chi connectivity index (χ1) is 11.1. The Bertz CT molecular complexity index is 580. The van der Waals surface area contributed by atoms with Gasteiger partial charge in [0.25, 0.3) is 5.91 Å². The molecule has 1 aromatic carbocycles. The Morgan fingerprint density at radius 3 is 2.39 bits per heavy atom. The highest BCUT2D eigenvalue weighted by Gasteiger charge is 2.21. The van der Waals surface area contributed by atoms with Gasteiger partial charge in [0.2, 0.25) is 0 Å². The highest BCUT2D eigenvalue weighted by atomic mass is 32.2. The number of thiocarbonyl (C=S) groups is 1. The molecule has 0 aliphatic carbocycles. The number of ether oxygens (including phenoxy) is 3. The van der Waals surface area contributed by atoms with Crippen LogP contribution in [0.15, 0.2) is 29.2 Å². The maximum atomic E-state index is 11.6. The number of nitrogens with one attached hydrogen (secondary N) is 1. The second-order valence-corrected chi connectivity index (χ2v) is 6.29. The molecule has 1 fully saturated rings. The van der Waals surface area contributed by atoms with E-state index >= 15 is 0 Å². The number of hydrogen-bond acceptors (Lipinski definition) is 6. The molecule has 0 saturated carbocycles. The fourth-order valence-corrected chi connectivity index (χ4v) is 2.96. The first-order valence-corrected chi connectivity index (χ1v) is 8.55. The first-order valence-electron chi connectivity index (χ1n) is 7.33. The van der Waals surface area contributed by atoms with Gasteiger partial charge in [-0.15, -0.1) is 0 Å². The zero-order valence-corrected chi connectivity index (χ0v) is 14.7. The molecule has 0 bridgehead atoms. The van der Waals surface area contributed by atoms with Gasteiger partial charge in [-0.05, 0) is 37.6 Å². The van der Waals surface area contributed by atoms with E-state index in [2.05, 4.69) is 5.32 Å². The topological polar surface area (TPSA) is 56.8 Å². The number of carbonyl (C=O) groups excluding carboxylic acids is 1. The summed E-state index contributed by atoms with van der Waals surface area (Å²) in [4.78, 5) is 12.2. The Morgan fingerprint density at radius 2 is 1.87 bits per heavy atom. The van der Waals surface area contributed by atoms with Crippen LogP contribution in [0.4, 0.5) is 0 Å². The molecular weight excluding hydrogens is 334 g/mol. The van der Waals surface area contributed by atoms with E-state index in [0.29, 0.717) is 29.0 Å². The van der Waals surface area contributed by atoms with Crippen LogP contribution in [0.3, 0.4) is 0 Å². The van der Waals surface area contributed by atoms with E-state index in [4.69, 9.17) is 26.4 Å². The molecule has 2 rings (SSSR count). The molecule has 1 aliphatic rings. The van der Waals surface area contributed by atoms with Gasteiger partial charge in [-0.3, -0.25) is 4.79 Å². The summed E-state index contributed by atoms with van der Waals surface area (Å²) in [5.74, 6) is 0.562. The van der Waals surface area contributed by atoms with Gasteiger partial charge in [0.05, 0.1) is 4.91 Å². The molecule has 7 heteroatoms. The molecule has 1 heterocycles. The molecule has 0 atom stereocenters. The van der Waals surface area contributed by atoms with E-state index in [-0.39, 0.29) is 12.2 Å². The van der Waals surface area contributed by atoms with Crippen molar-refractivity contribution >= 4 is 40.3 Å². The first kappa shape index (κ1) is 17.9. The predicted octanol–water partition coefficient (Wildman–Crippen LogP) is 2.95. The van der Waals surface area contributed by atoms with Crippen LogP contribution < -0.4 is 10.1 Å². The maximum absolute atomic E-state index is 11.6. The number of benzene rings is 1. The molecule has 1 amide bonds. The van der Waals surface area contributed by atoms with Crippen molar-refractivity contribution in [2.75, 3.05) is 19.8 Å². The van der Waals surface area contributed by atoms with Crippen molar-refractivity contribution in [3.8, 4) is 5.75 Å². The summed E-state index contributed by atoms with van der Waals surface area (Å²) >= 11 is 6.22. The smallest absolute Gasteiger partial charge is 0.263 e. The van der Waals surface area contributed by atoms with Gasteiger partial charge in [-0.25, -0.2) is 0 Å². The van der Waals surface area contributed by atoms with Gasteiger partial charge in [-0.1, -0.05) is 36.1 Å². The summed E-state index contributed by atoms with van der Waals surface area (Å²) in [7, 11) is 0. The summed E-state index contributed by atoms with van der Waals surface area (Å²) in [5.41, 5.74) is 0.908. The van der Waals surface area contributed by atoms with E-state index in [1.807, 2.05) is 38.1 Å². The zero-order chi connectivity index (χ0) is 16.7. The van der Waals surface area contributed by atoms with Gasteiger partial charge in [0.15, 0.2) is 6.29 Å². The molecular formula is C16H19NO4S2. The number of carbonyl (C=O) groups is 1. The molecule has 5 nitrogen and oxygen atoms in total. The molecule has 0 radical (unpaired) electrons. The number of amides is 1. The van der Waals surface area contributed by atoms with Crippen LogP contribution in [-0.2, 0) is 14.3 Å². The zero-order valence-electron chi connectivity index (χ0n) is 13.0. The van der Waals surface area contributed by atoms with Crippen LogP contribution in [0.2, 0.25) is 0 Å². The van der Waals surface area contributed by atoms with E-state index in [1.54, 1.807) is 6.08 Å². The van der Waals surface area contributed by atoms with Crippen LogP contribution in [0.25, 0.3) is 6.08 Å². The third-order valence-corrected chi connectivity index (χ3v) is 4.07. The molecule has 1 aliphatic heterocycles. The SMILES string of the molecule is CCOC(COc1ccc(/C=C2\SC(=S)NC2=O)cc1)OCC. The molecule has 23 heavy (non-hydrogen) atoms. The van der Waals surface area contributed by atoms with Crippen LogP contribution >= 0.6 is 24.0 Å². The van der Waals surface area contributed by atoms with Gasteiger partial charge in [0.1, 0.15) is 16.7 Å². The van der Waals surface area contributed by atoms with Crippen LogP contribution in [0, 0.1) is 0 Å². The van der Waals surface area contributed by atoms with Crippen molar-refractivity contribution in [2.24, 2.45) is 0 Å². The van der Waals surface area contributed by atoms with Crippen molar-refractivity contribution in [3.05, 3.63) is 34.7 Å². The summed E-state index contributed by atoms with van der Waals surface area (Å²) in [6.07, 6.45) is 1.43. The number of hydrogen-bond donors (Lipinski definition) is 1. The molecule has 124 valence electrons. The summed E-state index contributed by atoms with van der Waals surface area (Å²) in [6.45, 7) is 5.30. The quantitative estimate of drug-likeness (QED) is 0.441. The fraction of sp³-hybridized carbons (Fsp3) is 0.375. The van der Waals surface area contributed by atoms with Gasteiger partial charge in [-0.2, -0.15) is 0 Å². The highest BCUT2D eigenvalue weighted by molar-refractivity contribution is 8.26. The molecule has 1 saturated heterocycles. The van der Waals surface area contributed by atoms with Crippen molar-refractivity contribution < 1.29 is 19.0 Å². The summed E-state index contributed by atoms with van der Waals surface area (Å²) in [6, 6.07) is 7.45.